The molecule has 0 radical (unpaired) electrons. The first kappa shape index (κ1) is 25.4. The van der Waals surface area contributed by atoms with Crippen LogP contribution >= 0.6 is 0 Å². The van der Waals surface area contributed by atoms with Crippen LogP contribution in [0.2, 0.25) is 0 Å². The van der Waals surface area contributed by atoms with Gasteiger partial charge >= 0.3 is 0 Å². The number of carbonyl (C=O) groups is 2. The summed E-state index contributed by atoms with van der Waals surface area (Å²) in [5, 5.41) is 14.1. The molecule has 4 saturated carbocycles. The molecule has 4 fully saturated rings. The minimum atomic E-state index is -0.448. The van der Waals surface area contributed by atoms with E-state index in [0.717, 1.165) is 63.7 Å². The van der Waals surface area contributed by atoms with Crippen LogP contribution in [-0.2, 0) is 15.0 Å². The third-order valence-corrected chi connectivity index (χ3v) is 13.3. The molecule has 206 valence electrons. The maximum atomic E-state index is 14.6. The second-order valence-electron chi connectivity index (χ2n) is 15.5. The van der Waals surface area contributed by atoms with E-state index >= 15 is 0 Å². The first-order chi connectivity index (χ1) is 18.3. The summed E-state index contributed by atoms with van der Waals surface area (Å²) >= 11 is 0. The predicted molar refractivity (Wildman–Crippen MR) is 145 cm³/mol. The highest BCUT2D eigenvalue weighted by Crippen LogP contribution is 2.76. The molecule has 0 aromatic carbocycles. The highest BCUT2D eigenvalue weighted by molar-refractivity contribution is 6.06. The number of hydrogen-bond acceptors (Lipinski definition) is 6. The molecule has 0 unspecified atom stereocenters. The van der Waals surface area contributed by atoms with Crippen LogP contribution in [-0.4, -0.2) is 21.7 Å². The van der Waals surface area contributed by atoms with Crippen molar-refractivity contribution in [1.29, 1.82) is 5.26 Å². The van der Waals surface area contributed by atoms with E-state index in [1.807, 2.05) is 19.1 Å². The van der Waals surface area contributed by atoms with E-state index in [1.165, 1.54) is 5.57 Å². The van der Waals surface area contributed by atoms with E-state index in [1.54, 1.807) is 0 Å². The molecule has 0 N–H and O–H groups in total. The zero-order chi connectivity index (χ0) is 27.8. The van der Waals surface area contributed by atoms with E-state index in [-0.39, 0.29) is 51.0 Å². The minimum absolute atomic E-state index is 0.0460. The van der Waals surface area contributed by atoms with Crippen molar-refractivity contribution < 1.29 is 14.1 Å². The Morgan fingerprint density at radius 1 is 0.974 bits per heavy atom. The van der Waals surface area contributed by atoms with Gasteiger partial charge in [-0.15, -0.1) is 0 Å². The summed E-state index contributed by atoms with van der Waals surface area (Å²) in [6.07, 6.45) is 12.5. The molecule has 1 aromatic rings. The van der Waals surface area contributed by atoms with Crippen molar-refractivity contribution in [2.75, 3.05) is 0 Å². The van der Waals surface area contributed by atoms with Gasteiger partial charge in [0, 0.05) is 16.7 Å². The lowest BCUT2D eigenvalue weighted by Gasteiger charge is -2.68. The van der Waals surface area contributed by atoms with Gasteiger partial charge in [0.1, 0.15) is 6.07 Å². The topological polar surface area (TPSA) is 96.9 Å². The summed E-state index contributed by atoms with van der Waals surface area (Å²) in [6, 6.07) is 2.24. The Morgan fingerprint density at radius 3 is 2.31 bits per heavy atom. The fraction of sp³-hybridized carbons (Fsp3) is 0.727. The van der Waals surface area contributed by atoms with Crippen molar-refractivity contribution in [3.63, 3.8) is 0 Å². The maximum Gasteiger partial charge on any atom is 0.233 e. The Balaban J connectivity index is 1.40. The van der Waals surface area contributed by atoms with Crippen molar-refractivity contribution in [2.45, 2.75) is 105 Å². The van der Waals surface area contributed by atoms with E-state index in [4.69, 9.17) is 9.51 Å². The van der Waals surface area contributed by atoms with Crippen LogP contribution < -0.4 is 0 Å². The second-order valence-corrected chi connectivity index (χ2v) is 15.5. The molecule has 6 heteroatoms. The quantitative estimate of drug-likeness (QED) is 0.408. The van der Waals surface area contributed by atoms with E-state index in [0.29, 0.717) is 11.4 Å². The monoisotopic (exact) mass is 527 g/mol. The maximum absolute atomic E-state index is 14.6. The molecule has 6 aliphatic carbocycles. The average molecular weight is 528 g/mol. The van der Waals surface area contributed by atoms with Gasteiger partial charge in [-0.2, -0.15) is 10.2 Å². The number of nitrogens with zero attached hydrogens (tertiary/aromatic N) is 3. The molecule has 6 aliphatic rings. The smallest absolute Gasteiger partial charge is 0.233 e. The fourth-order valence-electron chi connectivity index (χ4n) is 10.9. The highest BCUT2D eigenvalue weighted by atomic mass is 16.5. The SMILES string of the molecule is Cc1noc([C@]23CCC(C)(C)C[C@H]2[C@H]2C(=O)C=C4[C@@]5(C)C=C(C#N)C(=O)C6(CC6)[C@@H]5CC[C@@]4(C)[C@]2(C)CC3)n1. The van der Waals surface area contributed by atoms with Crippen LogP contribution in [0.5, 0.6) is 0 Å². The summed E-state index contributed by atoms with van der Waals surface area (Å²) < 4.78 is 5.90. The molecule has 0 bridgehead atoms. The average Bonchev–Trinajstić information content (AvgIpc) is 3.54. The minimum Gasteiger partial charge on any atom is -0.339 e. The Hall–Kier alpha value is -2.55. The van der Waals surface area contributed by atoms with Crippen LogP contribution in [0.15, 0.2) is 27.8 Å². The first-order valence-corrected chi connectivity index (χ1v) is 15.0. The Morgan fingerprint density at radius 2 is 1.67 bits per heavy atom. The summed E-state index contributed by atoms with van der Waals surface area (Å²) in [5.41, 5.74) is 0.0992. The van der Waals surface area contributed by atoms with Gasteiger partial charge in [-0.3, -0.25) is 9.59 Å². The number of aryl methyl sites for hydroxylation is 1. The van der Waals surface area contributed by atoms with Crippen molar-refractivity contribution in [3.05, 3.63) is 35.0 Å². The first-order valence-electron chi connectivity index (χ1n) is 15.0. The van der Waals surface area contributed by atoms with Gasteiger partial charge in [-0.25, -0.2) is 0 Å². The molecule has 1 aromatic heterocycles. The molecule has 6 nitrogen and oxygen atoms in total. The van der Waals surface area contributed by atoms with Gasteiger partial charge < -0.3 is 4.52 Å². The van der Waals surface area contributed by atoms with Gasteiger partial charge in [-0.05, 0) is 98.9 Å². The lowest BCUT2D eigenvalue weighted by atomic mass is 9.34. The zero-order valence-electron chi connectivity index (χ0n) is 24.3. The molecule has 1 spiro atoms. The molecule has 1 heterocycles. The number of rotatable bonds is 1. The Bertz CT molecular complexity index is 1420. The number of nitriles is 1. The van der Waals surface area contributed by atoms with Crippen molar-refractivity contribution in [3.8, 4) is 6.07 Å². The summed E-state index contributed by atoms with van der Waals surface area (Å²) in [7, 11) is 0. The lowest BCUT2D eigenvalue weighted by molar-refractivity contribution is -0.160. The summed E-state index contributed by atoms with van der Waals surface area (Å²) in [6.45, 7) is 13.6. The van der Waals surface area contributed by atoms with Crippen LogP contribution in [0.1, 0.15) is 104 Å². The van der Waals surface area contributed by atoms with Crippen molar-refractivity contribution in [1.82, 2.24) is 10.1 Å². The number of hydrogen-bond donors (Lipinski definition) is 0. The number of carbonyl (C=O) groups excluding carboxylic acids is 2. The third-order valence-electron chi connectivity index (χ3n) is 13.3. The van der Waals surface area contributed by atoms with Crippen LogP contribution in [0, 0.1) is 63.1 Å². The van der Waals surface area contributed by atoms with Gasteiger partial charge in [-0.1, -0.05) is 51.4 Å². The Labute approximate surface area is 231 Å². The number of fused-ring (bicyclic) bond motifs is 8. The van der Waals surface area contributed by atoms with Gasteiger partial charge in [0.2, 0.25) is 5.89 Å². The van der Waals surface area contributed by atoms with E-state index in [2.05, 4.69) is 45.8 Å². The fourth-order valence-corrected chi connectivity index (χ4v) is 10.9. The molecule has 7 atom stereocenters. The van der Waals surface area contributed by atoms with Gasteiger partial charge in [0.05, 0.1) is 11.0 Å². The lowest BCUT2D eigenvalue weighted by Crippen LogP contribution is -2.65. The van der Waals surface area contributed by atoms with Crippen LogP contribution in [0.3, 0.4) is 0 Å². The number of aromatic nitrogens is 2. The summed E-state index contributed by atoms with van der Waals surface area (Å²) in [4.78, 5) is 32.7. The van der Waals surface area contributed by atoms with E-state index < -0.39 is 10.8 Å². The van der Waals surface area contributed by atoms with Crippen LogP contribution in [0.4, 0.5) is 0 Å². The number of allylic oxidation sites excluding steroid dienone is 4. The Kier molecular flexibility index (Phi) is 4.82. The second kappa shape index (κ2) is 7.39. The molecule has 0 amide bonds. The molecular formula is C33H41N3O3. The molecule has 0 saturated heterocycles. The predicted octanol–water partition coefficient (Wildman–Crippen LogP) is 6.60. The standard InChI is InChI=1S/C33H41N3O3/c1-19-35-27(39-36-19)32-11-9-28(2,3)17-21(32)25-22(37)15-24-29(4)16-20(18-34)26(38)33(13-14-33)23(29)7-8-30(24,5)31(25,6)10-12-32/h15-16,21,23,25H,7-14,17H2,1-6H3/t21-,23+,25-,29-,30+,31+,32-/m0/s1. The zero-order valence-corrected chi connectivity index (χ0v) is 24.3. The van der Waals surface area contributed by atoms with Crippen LogP contribution in [0.25, 0.3) is 0 Å². The molecular weight excluding hydrogens is 486 g/mol. The number of ketones is 2. The molecule has 39 heavy (non-hydrogen) atoms. The largest absolute Gasteiger partial charge is 0.339 e. The molecule has 0 aliphatic heterocycles. The van der Waals surface area contributed by atoms with Gasteiger partial charge in [0.25, 0.3) is 0 Å². The van der Waals surface area contributed by atoms with E-state index in [9.17, 15) is 14.9 Å². The highest BCUT2D eigenvalue weighted by Gasteiger charge is 2.73. The van der Waals surface area contributed by atoms with Crippen molar-refractivity contribution >= 4 is 11.6 Å². The summed E-state index contributed by atoms with van der Waals surface area (Å²) in [5.74, 6) is 1.85. The normalized spacial score (nSPS) is 45.2. The third kappa shape index (κ3) is 2.93. The number of Topliss-reactive ketones (excluding diaryl/α,β-unsaturated/α-hetero) is 1. The van der Waals surface area contributed by atoms with Gasteiger partial charge in [0.15, 0.2) is 17.4 Å². The molecule has 7 rings (SSSR count). The van der Waals surface area contributed by atoms with Crippen molar-refractivity contribution in [2.24, 2.45) is 44.8 Å².